The van der Waals surface area contributed by atoms with Crippen LogP contribution in [0.2, 0.25) is 0 Å². The van der Waals surface area contributed by atoms with Crippen LogP contribution in [0, 0.1) is 10.1 Å². The van der Waals surface area contributed by atoms with Crippen molar-refractivity contribution in [2.75, 3.05) is 6.61 Å². The van der Waals surface area contributed by atoms with Gasteiger partial charge in [0.05, 0.1) is 10.5 Å². The van der Waals surface area contributed by atoms with E-state index < -0.39 is 52.0 Å². The summed E-state index contributed by atoms with van der Waals surface area (Å²) in [6, 6.07) is 19.3. The molecule has 0 heterocycles. The standard InChI is InChI=1S/C31H23F3N2O8/c32-31(33,34)18-10-12-27(25(15-18)36(41)42)44-28-11-9-17(14-26(28)37)13-24(29(38)39)35-30(40)43-16-23-21-7-3-1-5-19(21)20-6-2-4-8-22(20)23/h1-12,14-15,23-24,37H,13,16H2,(H,35,40)(H,38,39). The smallest absolute Gasteiger partial charge is 0.416 e. The van der Waals surface area contributed by atoms with Crippen molar-refractivity contribution in [1.29, 1.82) is 0 Å². The van der Waals surface area contributed by atoms with Crippen molar-refractivity contribution >= 4 is 17.7 Å². The number of nitrogens with zero attached hydrogens (tertiary/aromatic N) is 1. The minimum Gasteiger partial charge on any atom is -0.504 e. The Morgan fingerprint density at radius 1 is 0.932 bits per heavy atom. The van der Waals surface area contributed by atoms with Gasteiger partial charge in [0.15, 0.2) is 11.5 Å². The third-order valence-corrected chi connectivity index (χ3v) is 7.10. The maximum Gasteiger partial charge on any atom is 0.416 e. The van der Waals surface area contributed by atoms with E-state index >= 15 is 0 Å². The molecule has 4 aromatic carbocycles. The molecule has 0 saturated heterocycles. The number of nitro benzene ring substituents is 1. The van der Waals surface area contributed by atoms with Crippen LogP contribution < -0.4 is 10.1 Å². The highest BCUT2D eigenvalue weighted by Crippen LogP contribution is 2.44. The fourth-order valence-corrected chi connectivity index (χ4v) is 5.04. The van der Waals surface area contributed by atoms with Crippen LogP contribution in [0.1, 0.15) is 28.2 Å². The van der Waals surface area contributed by atoms with Crippen LogP contribution in [0.4, 0.5) is 23.7 Å². The van der Waals surface area contributed by atoms with Crippen LogP contribution >= 0.6 is 0 Å². The number of benzene rings is 4. The zero-order valence-corrected chi connectivity index (χ0v) is 22.6. The normalized spacial score (nSPS) is 13.0. The first-order valence-corrected chi connectivity index (χ1v) is 13.1. The number of carboxylic acids is 1. The molecule has 1 atom stereocenters. The minimum absolute atomic E-state index is 0.0326. The Kier molecular flexibility index (Phi) is 8.12. The average molecular weight is 609 g/mol. The van der Waals surface area contributed by atoms with Crippen LogP contribution in [0.25, 0.3) is 11.1 Å². The van der Waals surface area contributed by atoms with Gasteiger partial charge in [0.2, 0.25) is 5.75 Å². The van der Waals surface area contributed by atoms with Crippen molar-refractivity contribution in [3.8, 4) is 28.4 Å². The summed E-state index contributed by atoms with van der Waals surface area (Å²) in [4.78, 5) is 34.8. The fourth-order valence-electron chi connectivity index (χ4n) is 5.04. The first-order valence-electron chi connectivity index (χ1n) is 13.1. The van der Waals surface area contributed by atoms with Gasteiger partial charge in [-0.05, 0) is 52.1 Å². The van der Waals surface area contributed by atoms with Crippen LogP contribution in [0.15, 0.2) is 84.9 Å². The maximum absolute atomic E-state index is 13.0. The number of aromatic hydroxyl groups is 1. The number of fused-ring (bicyclic) bond motifs is 3. The van der Waals surface area contributed by atoms with Gasteiger partial charge in [-0.3, -0.25) is 10.1 Å². The second kappa shape index (κ2) is 12.0. The van der Waals surface area contributed by atoms with Crippen LogP contribution in [0.3, 0.4) is 0 Å². The molecule has 0 aromatic heterocycles. The number of ether oxygens (including phenoxy) is 2. The lowest BCUT2D eigenvalue weighted by Gasteiger charge is -2.18. The number of carbonyl (C=O) groups is 2. The summed E-state index contributed by atoms with van der Waals surface area (Å²) in [5.41, 5.74) is 2.04. The number of carbonyl (C=O) groups excluding carboxylic acids is 1. The molecule has 3 N–H and O–H groups in total. The highest BCUT2D eigenvalue weighted by molar-refractivity contribution is 5.81. The molecule has 5 rings (SSSR count). The average Bonchev–Trinajstić information content (AvgIpc) is 3.30. The highest BCUT2D eigenvalue weighted by Gasteiger charge is 2.34. The summed E-state index contributed by atoms with van der Waals surface area (Å²) in [6.45, 7) is -0.0326. The molecule has 0 saturated carbocycles. The Hall–Kier alpha value is -5.59. The Balaban J connectivity index is 1.24. The largest absolute Gasteiger partial charge is 0.504 e. The number of nitro groups is 1. The topological polar surface area (TPSA) is 148 Å². The molecule has 44 heavy (non-hydrogen) atoms. The first-order chi connectivity index (χ1) is 20.9. The number of carboxylic acid groups (broad SMARTS) is 1. The summed E-state index contributed by atoms with van der Waals surface area (Å²) in [5.74, 6) is -3.05. The summed E-state index contributed by atoms with van der Waals surface area (Å²) in [5, 5.41) is 33.8. The van der Waals surface area contributed by atoms with E-state index in [2.05, 4.69) is 5.32 Å². The molecule has 0 aliphatic heterocycles. The van der Waals surface area contributed by atoms with Gasteiger partial charge in [-0.15, -0.1) is 0 Å². The van der Waals surface area contributed by atoms with Gasteiger partial charge in [0.1, 0.15) is 12.6 Å². The summed E-state index contributed by atoms with van der Waals surface area (Å²) in [7, 11) is 0. The Morgan fingerprint density at radius 3 is 2.11 bits per heavy atom. The van der Waals surface area contributed by atoms with Crippen molar-refractivity contribution in [2.45, 2.75) is 24.6 Å². The molecule has 13 heteroatoms. The number of phenols is 1. The lowest BCUT2D eigenvalue weighted by molar-refractivity contribution is -0.385. The number of aliphatic carboxylic acids is 1. The Morgan fingerprint density at radius 2 is 1.55 bits per heavy atom. The Labute approximate surface area is 247 Å². The van der Waals surface area contributed by atoms with E-state index in [-0.39, 0.29) is 30.3 Å². The van der Waals surface area contributed by atoms with E-state index in [1.807, 2.05) is 48.5 Å². The lowest BCUT2D eigenvalue weighted by atomic mass is 9.98. The van der Waals surface area contributed by atoms with Gasteiger partial charge in [-0.25, -0.2) is 9.59 Å². The number of hydrogen-bond acceptors (Lipinski definition) is 7. The molecular weight excluding hydrogens is 585 g/mol. The summed E-state index contributed by atoms with van der Waals surface area (Å²) < 4.78 is 49.7. The van der Waals surface area contributed by atoms with Crippen molar-refractivity contribution in [3.05, 3.63) is 117 Å². The van der Waals surface area contributed by atoms with Crippen molar-refractivity contribution in [1.82, 2.24) is 5.32 Å². The predicted octanol–water partition coefficient (Wildman–Crippen LogP) is 6.65. The number of alkyl carbamates (subject to hydrolysis) is 1. The molecule has 0 bridgehead atoms. The second-order valence-electron chi connectivity index (χ2n) is 9.91. The molecule has 1 amide bonds. The van der Waals surface area contributed by atoms with Crippen LogP contribution in [-0.2, 0) is 22.1 Å². The SMILES string of the molecule is O=C(NC(Cc1ccc(Oc2ccc(C(F)(F)F)cc2[N+](=O)[O-])c(O)c1)C(=O)O)OCC1c2ccccc2-c2ccccc21. The predicted molar refractivity (Wildman–Crippen MR) is 150 cm³/mol. The zero-order chi connectivity index (χ0) is 31.6. The van der Waals surface area contributed by atoms with E-state index in [9.17, 15) is 43.1 Å². The molecule has 0 fully saturated rings. The molecule has 0 radical (unpaired) electrons. The summed E-state index contributed by atoms with van der Waals surface area (Å²) >= 11 is 0. The molecule has 226 valence electrons. The van der Waals surface area contributed by atoms with Crippen molar-refractivity contribution in [2.24, 2.45) is 0 Å². The van der Waals surface area contributed by atoms with E-state index in [0.29, 0.717) is 12.1 Å². The number of halogens is 3. The van der Waals surface area contributed by atoms with Gasteiger partial charge < -0.3 is 25.0 Å². The number of amides is 1. The number of nitrogens with one attached hydrogen (secondary N) is 1. The van der Waals surface area contributed by atoms with E-state index in [0.717, 1.165) is 40.5 Å². The molecule has 1 aliphatic rings. The van der Waals surface area contributed by atoms with E-state index in [1.165, 1.54) is 6.07 Å². The van der Waals surface area contributed by atoms with Gasteiger partial charge in [0, 0.05) is 18.4 Å². The molecule has 4 aromatic rings. The minimum atomic E-state index is -4.82. The maximum atomic E-state index is 13.0. The monoisotopic (exact) mass is 608 g/mol. The van der Waals surface area contributed by atoms with Gasteiger partial charge >= 0.3 is 23.9 Å². The Bertz CT molecular complexity index is 1710. The number of rotatable bonds is 9. The molecule has 0 spiro atoms. The third kappa shape index (κ3) is 6.26. The zero-order valence-electron chi connectivity index (χ0n) is 22.6. The quantitative estimate of drug-likeness (QED) is 0.141. The lowest BCUT2D eigenvalue weighted by Crippen LogP contribution is -2.42. The van der Waals surface area contributed by atoms with Crippen LogP contribution in [0.5, 0.6) is 17.2 Å². The molecule has 1 unspecified atom stereocenters. The second-order valence-corrected chi connectivity index (χ2v) is 9.91. The van der Waals surface area contributed by atoms with Crippen LogP contribution in [-0.4, -0.2) is 39.8 Å². The van der Waals surface area contributed by atoms with Gasteiger partial charge in [-0.2, -0.15) is 13.2 Å². The third-order valence-electron chi connectivity index (χ3n) is 7.10. The number of hydrogen-bond donors (Lipinski definition) is 3. The molecule has 10 nitrogen and oxygen atoms in total. The number of phenolic OH excluding ortho intramolecular Hbond substituents is 1. The molecular formula is C31H23F3N2O8. The molecule has 1 aliphatic carbocycles. The van der Waals surface area contributed by atoms with Gasteiger partial charge in [0.25, 0.3) is 0 Å². The highest BCUT2D eigenvalue weighted by atomic mass is 19.4. The fraction of sp³-hybridized carbons (Fsp3) is 0.161. The number of alkyl halides is 3. The van der Waals surface area contributed by atoms with Crippen molar-refractivity contribution in [3.63, 3.8) is 0 Å². The van der Waals surface area contributed by atoms with Gasteiger partial charge in [-0.1, -0.05) is 54.6 Å². The summed E-state index contributed by atoms with van der Waals surface area (Å²) in [6.07, 6.45) is -6.06. The van der Waals surface area contributed by atoms with Crippen molar-refractivity contribution < 1.29 is 47.4 Å². The first kappa shape index (κ1) is 29.9. The van der Waals surface area contributed by atoms with E-state index in [4.69, 9.17) is 9.47 Å². The van der Waals surface area contributed by atoms with E-state index in [1.54, 1.807) is 0 Å².